The highest BCUT2D eigenvalue weighted by Gasteiger charge is 2.14. The first-order valence-corrected chi connectivity index (χ1v) is 8.38. The predicted molar refractivity (Wildman–Crippen MR) is 88.8 cm³/mol. The quantitative estimate of drug-likeness (QED) is 0.840. The zero-order valence-corrected chi connectivity index (χ0v) is 13.5. The first-order chi connectivity index (χ1) is 9.72. The maximum atomic E-state index is 6.52. The summed E-state index contributed by atoms with van der Waals surface area (Å²) in [4.78, 5) is 2.45. The van der Waals surface area contributed by atoms with Crippen molar-refractivity contribution in [3.63, 3.8) is 0 Å². The molecule has 1 unspecified atom stereocenters. The Hall–Kier alpha value is -0.730. The molecule has 0 saturated carbocycles. The van der Waals surface area contributed by atoms with E-state index in [1.165, 1.54) is 36.9 Å². The van der Waals surface area contributed by atoms with Gasteiger partial charge in [0.1, 0.15) is 0 Å². The molecule has 2 rings (SSSR count). The Morgan fingerprint density at radius 3 is 2.50 bits per heavy atom. The summed E-state index contributed by atoms with van der Waals surface area (Å²) < 4.78 is 0. The Morgan fingerprint density at radius 2 is 1.90 bits per heavy atom. The molecule has 2 nitrogen and oxygen atoms in total. The fourth-order valence-electron chi connectivity index (χ4n) is 2.84. The summed E-state index contributed by atoms with van der Waals surface area (Å²) in [6, 6.07) is 6.92. The fraction of sp³-hybridized carbons (Fsp3) is 0.647. The van der Waals surface area contributed by atoms with E-state index < -0.39 is 0 Å². The lowest BCUT2D eigenvalue weighted by Crippen LogP contribution is -2.24. The van der Waals surface area contributed by atoms with Crippen LogP contribution in [0.4, 0.5) is 5.69 Å². The first kappa shape index (κ1) is 15.7. The second-order valence-electron chi connectivity index (χ2n) is 5.79. The monoisotopic (exact) mass is 294 g/mol. The third-order valence-corrected chi connectivity index (χ3v) is 4.42. The molecular weight excluding hydrogens is 268 g/mol. The van der Waals surface area contributed by atoms with Crippen molar-refractivity contribution in [3.05, 3.63) is 28.8 Å². The van der Waals surface area contributed by atoms with Crippen LogP contribution in [0.2, 0.25) is 5.02 Å². The summed E-state index contributed by atoms with van der Waals surface area (Å²) in [7, 11) is 0. The van der Waals surface area contributed by atoms with Gasteiger partial charge in [0.15, 0.2) is 0 Å². The maximum Gasteiger partial charge on any atom is 0.0642 e. The van der Waals surface area contributed by atoms with Crippen LogP contribution in [0.25, 0.3) is 0 Å². The Bertz CT molecular complexity index is 411. The summed E-state index contributed by atoms with van der Waals surface area (Å²) in [6.45, 7) is 7.72. The summed E-state index contributed by atoms with van der Waals surface area (Å²) in [5.41, 5.74) is 2.49. The Morgan fingerprint density at radius 1 is 1.20 bits per heavy atom. The highest BCUT2D eigenvalue weighted by Crippen LogP contribution is 2.30. The lowest BCUT2D eigenvalue weighted by atomic mass is 10.1. The number of rotatable bonds is 5. The number of hydrogen-bond acceptors (Lipinski definition) is 2. The molecule has 1 fully saturated rings. The van der Waals surface area contributed by atoms with Gasteiger partial charge in [-0.3, -0.25) is 0 Å². The molecule has 1 aliphatic rings. The van der Waals surface area contributed by atoms with Crippen LogP contribution in [0, 0.1) is 0 Å². The van der Waals surface area contributed by atoms with Crippen LogP contribution in [-0.4, -0.2) is 19.6 Å². The summed E-state index contributed by atoms with van der Waals surface area (Å²) in [5, 5.41) is 4.41. The van der Waals surface area contributed by atoms with Gasteiger partial charge in [0.25, 0.3) is 0 Å². The van der Waals surface area contributed by atoms with Crippen LogP contribution in [0.15, 0.2) is 18.2 Å². The maximum absolute atomic E-state index is 6.52. The fourth-order valence-corrected chi connectivity index (χ4v) is 3.15. The normalized spacial score (nSPS) is 17.9. The predicted octanol–water partition coefficient (Wildman–Crippen LogP) is 4.78. The highest BCUT2D eigenvalue weighted by molar-refractivity contribution is 6.33. The van der Waals surface area contributed by atoms with Gasteiger partial charge in [0.05, 0.1) is 10.7 Å². The molecule has 1 aromatic carbocycles. The van der Waals surface area contributed by atoms with Crippen LogP contribution in [0.5, 0.6) is 0 Å². The minimum atomic E-state index is 0.366. The first-order valence-electron chi connectivity index (χ1n) is 8.00. The van der Waals surface area contributed by atoms with Crippen LogP contribution in [0.1, 0.15) is 57.6 Å². The van der Waals surface area contributed by atoms with E-state index in [0.717, 1.165) is 31.1 Å². The number of nitrogens with one attached hydrogen (secondary N) is 1. The van der Waals surface area contributed by atoms with Crippen molar-refractivity contribution >= 4 is 17.3 Å². The average molecular weight is 295 g/mol. The summed E-state index contributed by atoms with van der Waals surface area (Å²) in [6.07, 6.45) is 6.43. The summed E-state index contributed by atoms with van der Waals surface area (Å²) >= 11 is 6.52. The molecule has 3 heteroatoms. The minimum Gasteiger partial charge on any atom is -0.370 e. The van der Waals surface area contributed by atoms with Gasteiger partial charge in [0, 0.05) is 19.1 Å². The molecule has 1 aliphatic heterocycles. The van der Waals surface area contributed by atoms with Crippen molar-refractivity contribution in [1.82, 2.24) is 5.32 Å². The van der Waals surface area contributed by atoms with Crippen molar-refractivity contribution in [2.75, 3.05) is 24.5 Å². The Balaban J connectivity index is 2.08. The topological polar surface area (TPSA) is 15.3 Å². The number of anilines is 1. The smallest absolute Gasteiger partial charge is 0.0642 e. The van der Waals surface area contributed by atoms with Crippen molar-refractivity contribution in [2.24, 2.45) is 0 Å². The van der Waals surface area contributed by atoms with Crippen molar-refractivity contribution in [1.29, 1.82) is 0 Å². The molecule has 1 heterocycles. The van der Waals surface area contributed by atoms with E-state index in [9.17, 15) is 0 Å². The molecule has 20 heavy (non-hydrogen) atoms. The molecule has 0 amide bonds. The van der Waals surface area contributed by atoms with E-state index in [4.69, 9.17) is 11.6 Å². The van der Waals surface area contributed by atoms with E-state index in [2.05, 4.69) is 42.3 Å². The molecule has 0 bridgehead atoms. The molecule has 0 spiro atoms. The van der Waals surface area contributed by atoms with Crippen LogP contribution < -0.4 is 10.2 Å². The molecule has 1 N–H and O–H groups in total. The van der Waals surface area contributed by atoms with Gasteiger partial charge >= 0.3 is 0 Å². The van der Waals surface area contributed by atoms with Gasteiger partial charge < -0.3 is 10.2 Å². The van der Waals surface area contributed by atoms with Gasteiger partial charge in [-0.1, -0.05) is 37.4 Å². The van der Waals surface area contributed by atoms with E-state index in [1.54, 1.807) is 0 Å². The second kappa shape index (κ2) is 7.90. The number of nitrogens with zero attached hydrogens (tertiary/aromatic N) is 1. The van der Waals surface area contributed by atoms with E-state index in [-0.39, 0.29) is 0 Å². The molecular formula is C17H27ClN2. The Kier molecular flexibility index (Phi) is 6.18. The number of hydrogen-bond donors (Lipinski definition) is 1. The largest absolute Gasteiger partial charge is 0.370 e. The van der Waals surface area contributed by atoms with Gasteiger partial charge in [-0.05, 0) is 50.4 Å². The molecule has 0 aliphatic carbocycles. The summed E-state index contributed by atoms with van der Waals surface area (Å²) in [5.74, 6) is 0. The van der Waals surface area contributed by atoms with Crippen molar-refractivity contribution in [2.45, 2.75) is 52.0 Å². The molecule has 1 atom stereocenters. The van der Waals surface area contributed by atoms with Crippen LogP contribution in [-0.2, 0) is 0 Å². The molecule has 0 aromatic heterocycles. The Labute approximate surface area is 128 Å². The van der Waals surface area contributed by atoms with Gasteiger partial charge in [-0.2, -0.15) is 0 Å². The molecule has 112 valence electrons. The second-order valence-corrected chi connectivity index (χ2v) is 6.20. The SMILES string of the molecule is CCCNC(C)c1ccc(N2CCCCCC2)c(Cl)c1. The number of halogens is 1. The van der Waals surface area contributed by atoms with E-state index in [0.29, 0.717) is 6.04 Å². The van der Waals surface area contributed by atoms with Gasteiger partial charge in [-0.15, -0.1) is 0 Å². The van der Waals surface area contributed by atoms with Crippen LogP contribution >= 0.6 is 11.6 Å². The zero-order valence-electron chi connectivity index (χ0n) is 12.8. The number of benzene rings is 1. The average Bonchev–Trinajstić information content (AvgIpc) is 2.73. The zero-order chi connectivity index (χ0) is 14.4. The van der Waals surface area contributed by atoms with Crippen LogP contribution in [0.3, 0.4) is 0 Å². The molecule has 1 aromatic rings. The highest BCUT2D eigenvalue weighted by atomic mass is 35.5. The van der Waals surface area contributed by atoms with Crippen molar-refractivity contribution < 1.29 is 0 Å². The molecule has 0 radical (unpaired) electrons. The lowest BCUT2D eigenvalue weighted by molar-refractivity contribution is 0.570. The van der Waals surface area contributed by atoms with Gasteiger partial charge in [0.2, 0.25) is 0 Å². The lowest BCUT2D eigenvalue weighted by Gasteiger charge is -2.25. The third kappa shape index (κ3) is 4.13. The third-order valence-electron chi connectivity index (χ3n) is 4.12. The van der Waals surface area contributed by atoms with E-state index in [1.807, 2.05) is 0 Å². The minimum absolute atomic E-state index is 0.366. The standard InChI is InChI=1S/C17H27ClN2/c1-3-10-19-14(2)15-8-9-17(16(18)13-15)20-11-6-4-5-7-12-20/h8-9,13-14,19H,3-7,10-12H2,1-2H3. The van der Waals surface area contributed by atoms with Crippen molar-refractivity contribution in [3.8, 4) is 0 Å². The van der Waals surface area contributed by atoms with E-state index >= 15 is 0 Å². The molecule has 1 saturated heterocycles. The van der Waals surface area contributed by atoms with Gasteiger partial charge in [-0.25, -0.2) is 0 Å².